The first-order valence-electron chi connectivity index (χ1n) is 7.93. The predicted octanol–water partition coefficient (Wildman–Crippen LogP) is 5.71. The molecule has 0 saturated heterocycles. The van der Waals surface area contributed by atoms with Crippen LogP contribution >= 0.6 is 35.8 Å². The number of benzene rings is 2. The third-order valence-electron chi connectivity index (χ3n) is 3.77. The van der Waals surface area contributed by atoms with Gasteiger partial charge in [-0.1, -0.05) is 55.4 Å². The van der Waals surface area contributed by atoms with E-state index in [0.29, 0.717) is 5.92 Å². The zero-order chi connectivity index (χ0) is 16.8. The van der Waals surface area contributed by atoms with E-state index in [2.05, 4.69) is 13.8 Å². The van der Waals surface area contributed by atoms with E-state index in [4.69, 9.17) is 17.3 Å². The zero-order valence-corrected chi connectivity index (χ0v) is 16.4. The van der Waals surface area contributed by atoms with Crippen molar-refractivity contribution in [3.63, 3.8) is 0 Å². The van der Waals surface area contributed by atoms with Crippen LogP contribution in [0.2, 0.25) is 5.02 Å². The summed E-state index contributed by atoms with van der Waals surface area (Å²) in [6.45, 7) is 4.31. The molecule has 0 fully saturated rings. The highest BCUT2D eigenvalue weighted by atomic mass is 35.5. The van der Waals surface area contributed by atoms with Gasteiger partial charge in [-0.15, -0.1) is 12.4 Å². The number of aliphatic hydroxyl groups is 1. The lowest BCUT2D eigenvalue weighted by Crippen LogP contribution is -2.27. The molecule has 3 N–H and O–H groups in total. The van der Waals surface area contributed by atoms with Crippen molar-refractivity contribution in [1.29, 1.82) is 0 Å². The zero-order valence-electron chi connectivity index (χ0n) is 14.0. The molecule has 0 unspecified atom stereocenters. The lowest BCUT2D eigenvalue weighted by molar-refractivity contribution is 0.127. The van der Waals surface area contributed by atoms with Crippen LogP contribution in [0.15, 0.2) is 58.3 Å². The third kappa shape index (κ3) is 6.30. The largest absolute Gasteiger partial charge is 0.391 e. The van der Waals surface area contributed by atoms with Gasteiger partial charge in [0, 0.05) is 14.8 Å². The van der Waals surface area contributed by atoms with Crippen LogP contribution in [0.25, 0.3) is 0 Å². The molecular weight excluding hydrogens is 361 g/mol. The normalized spacial score (nSPS) is 13.4. The summed E-state index contributed by atoms with van der Waals surface area (Å²) >= 11 is 7.58. The maximum atomic E-state index is 10.4. The van der Waals surface area contributed by atoms with Crippen LogP contribution in [-0.4, -0.2) is 11.2 Å². The highest BCUT2D eigenvalue weighted by Gasteiger charge is 2.20. The average molecular weight is 386 g/mol. The van der Waals surface area contributed by atoms with Crippen molar-refractivity contribution in [1.82, 2.24) is 0 Å². The van der Waals surface area contributed by atoms with E-state index < -0.39 is 6.10 Å². The molecule has 2 nitrogen and oxygen atoms in total. The second-order valence-electron chi connectivity index (χ2n) is 6.16. The van der Waals surface area contributed by atoms with Gasteiger partial charge in [-0.25, -0.2) is 0 Å². The first-order valence-corrected chi connectivity index (χ1v) is 9.13. The topological polar surface area (TPSA) is 46.2 Å². The Bertz CT molecular complexity index is 619. The maximum Gasteiger partial charge on any atom is 0.0733 e. The summed E-state index contributed by atoms with van der Waals surface area (Å²) < 4.78 is 0. The molecule has 5 heteroatoms. The fourth-order valence-corrected chi connectivity index (χ4v) is 3.49. The first-order chi connectivity index (χ1) is 11.0. The second-order valence-corrected chi connectivity index (χ2v) is 7.71. The summed E-state index contributed by atoms with van der Waals surface area (Å²) in [4.78, 5) is 2.18. The fourth-order valence-electron chi connectivity index (χ4n) is 2.37. The molecule has 24 heavy (non-hydrogen) atoms. The number of hydrogen-bond acceptors (Lipinski definition) is 3. The van der Waals surface area contributed by atoms with E-state index in [1.54, 1.807) is 11.8 Å². The number of rotatable bonds is 7. The maximum absolute atomic E-state index is 10.4. The fraction of sp³-hybridized carbons (Fsp3) is 0.368. The Kier molecular flexibility index (Phi) is 9.17. The number of hydrogen-bond donors (Lipinski definition) is 2. The Labute approximate surface area is 160 Å². The summed E-state index contributed by atoms with van der Waals surface area (Å²) in [5.41, 5.74) is 7.31. The number of nitrogens with two attached hydrogens (primary N) is 1. The van der Waals surface area contributed by atoms with Gasteiger partial charge in [-0.2, -0.15) is 0 Å². The first kappa shape index (κ1) is 21.3. The molecule has 0 aliphatic rings. The van der Waals surface area contributed by atoms with Crippen LogP contribution in [0.3, 0.4) is 0 Å². The molecule has 0 saturated carbocycles. The summed E-state index contributed by atoms with van der Waals surface area (Å²) in [6.07, 6.45) is 1.17. The summed E-state index contributed by atoms with van der Waals surface area (Å²) in [5.74, 6) is 0.565. The summed E-state index contributed by atoms with van der Waals surface area (Å²) in [6, 6.07) is 15.4. The lowest BCUT2D eigenvalue weighted by Gasteiger charge is -2.22. The van der Waals surface area contributed by atoms with Gasteiger partial charge >= 0.3 is 0 Å². The van der Waals surface area contributed by atoms with E-state index in [9.17, 15) is 5.11 Å². The molecule has 2 rings (SSSR count). The average Bonchev–Trinajstić information content (AvgIpc) is 2.54. The van der Waals surface area contributed by atoms with Crippen molar-refractivity contribution < 1.29 is 5.11 Å². The molecule has 0 aliphatic carbocycles. The van der Waals surface area contributed by atoms with Crippen molar-refractivity contribution in [3.8, 4) is 0 Å². The monoisotopic (exact) mass is 385 g/mol. The molecule has 0 aliphatic heterocycles. The van der Waals surface area contributed by atoms with Crippen LogP contribution in [0.1, 0.15) is 38.3 Å². The molecule has 0 bridgehead atoms. The van der Waals surface area contributed by atoms with Gasteiger partial charge in [0.15, 0.2) is 0 Å². The van der Waals surface area contributed by atoms with Crippen LogP contribution in [0.5, 0.6) is 0 Å². The van der Waals surface area contributed by atoms with Gasteiger partial charge < -0.3 is 10.8 Å². The SMILES string of the molecule is CC(C)CC[C@@H](O)[C@@H](N)c1ccccc1Sc1ccc(Cl)cc1.Cl. The molecule has 132 valence electrons. The van der Waals surface area contributed by atoms with E-state index in [1.807, 2.05) is 48.5 Å². The molecule has 0 radical (unpaired) electrons. The summed E-state index contributed by atoms with van der Waals surface area (Å²) in [5, 5.41) is 11.1. The standard InChI is InChI=1S/C19H24ClNOS.ClH/c1-13(2)7-12-17(22)19(21)16-5-3-4-6-18(16)23-15-10-8-14(20)9-11-15;/h3-6,8-11,13,17,19,22H,7,12,21H2,1-2H3;1H/t17-,19+;/m1./s1. The van der Waals surface area contributed by atoms with Gasteiger partial charge in [0.05, 0.1) is 12.1 Å². The van der Waals surface area contributed by atoms with E-state index in [0.717, 1.165) is 33.2 Å². The van der Waals surface area contributed by atoms with Gasteiger partial charge in [-0.05, 0) is 54.7 Å². The Hall–Kier alpha value is -0.710. The minimum absolute atomic E-state index is 0. The van der Waals surface area contributed by atoms with Crippen molar-refractivity contribution in [2.75, 3.05) is 0 Å². The van der Waals surface area contributed by atoms with E-state index in [1.165, 1.54) is 0 Å². The number of aliphatic hydroxyl groups excluding tert-OH is 1. The quantitative estimate of drug-likeness (QED) is 0.641. The molecule has 0 spiro atoms. The van der Waals surface area contributed by atoms with Crippen LogP contribution < -0.4 is 5.73 Å². The lowest BCUT2D eigenvalue weighted by atomic mass is 9.96. The summed E-state index contributed by atoms with van der Waals surface area (Å²) in [7, 11) is 0. The highest BCUT2D eigenvalue weighted by Crippen LogP contribution is 2.34. The Morgan fingerprint density at radius 2 is 1.67 bits per heavy atom. The van der Waals surface area contributed by atoms with Gasteiger partial charge in [0.1, 0.15) is 0 Å². The molecule has 0 amide bonds. The van der Waals surface area contributed by atoms with Crippen LogP contribution in [0.4, 0.5) is 0 Å². The van der Waals surface area contributed by atoms with E-state index >= 15 is 0 Å². The Morgan fingerprint density at radius 1 is 1.04 bits per heavy atom. The Morgan fingerprint density at radius 3 is 2.29 bits per heavy atom. The van der Waals surface area contributed by atoms with Crippen LogP contribution in [0, 0.1) is 5.92 Å². The van der Waals surface area contributed by atoms with Crippen molar-refractivity contribution in [2.24, 2.45) is 11.7 Å². The highest BCUT2D eigenvalue weighted by molar-refractivity contribution is 7.99. The smallest absolute Gasteiger partial charge is 0.0733 e. The Balaban J connectivity index is 0.00000288. The minimum atomic E-state index is -0.524. The molecule has 0 heterocycles. The minimum Gasteiger partial charge on any atom is -0.391 e. The molecule has 0 aromatic heterocycles. The second kappa shape index (κ2) is 10.3. The van der Waals surface area contributed by atoms with Crippen molar-refractivity contribution >= 4 is 35.8 Å². The van der Waals surface area contributed by atoms with Gasteiger partial charge in [0.25, 0.3) is 0 Å². The van der Waals surface area contributed by atoms with Gasteiger partial charge in [-0.3, -0.25) is 0 Å². The molecule has 2 aromatic carbocycles. The van der Waals surface area contributed by atoms with E-state index in [-0.39, 0.29) is 18.4 Å². The van der Waals surface area contributed by atoms with Crippen molar-refractivity contribution in [3.05, 3.63) is 59.1 Å². The third-order valence-corrected chi connectivity index (χ3v) is 5.13. The molecule has 2 atom stereocenters. The van der Waals surface area contributed by atoms with Crippen molar-refractivity contribution in [2.45, 2.75) is 48.6 Å². The van der Waals surface area contributed by atoms with Gasteiger partial charge in [0.2, 0.25) is 0 Å². The molecule has 2 aromatic rings. The number of halogens is 2. The van der Waals surface area contributed by atoms with Crippen LogP contribution in [-0.2, 0) is 0 Å². The predicted molar refractivity (Wildman–Crippen MR) is 106 cm³/mol. The molecular formula is C19H25Cl2NOS.